The van der Waals surface area contributed by atoms with E-state index in [0.29, 0.717) is 22.1 Å². The van der Waals surface area contributed by atoms with Crippen molar-refractivity contribution in [1.82, 2.24) is 15.5 Å². The molecule has 2 N–H and O–H groups in total. The second-order valence-electron chi connectivity index (χ2n) is 7.04. The first-order valence-corrected chi connectivity index (χ1v) is 9.78. The van der Waals surface area contributed by atoms with Gasteiger partial charge in [0.15, 0.2) is 11.5 Å². The van der Waals surface area contributed by atoms with Crippen molar-refractivity contribution in [3.8, 4) is 11.5 Å². The highest BCUT2D eigenvalue weighted by Crippen LogP contribution is 2.33. The summed E-state index contributed by atoms with van der Waals surface area (Å²) in [4.78, 5) is 38.6. The molecule has 0 spiro atoms. The van der Waals surface area contributed by atoms with Gasteiger partial charge in [0.1, 0.15) is 12.1 Å². The van der Waals surface area contributed by atoms with E-state index < -0.39 is 29.9 Å². The molecule has 2 aromatic rings. The molecular weight excluding hydrogens is 433 g/mol. The summed E-state index contributed by atoms with van der Waals surface area (Å²) < 4.78 is 10.6. The average Bonchev–Trinajstić information content (AvgIpc) is 3.27. The smallest absolute Gasteiger partial charge is 0.325 e. The summed E-state index contributed by atoms with van der Waals surface area (Å²) in [6.07, 6.45) is 0. The number of carbonyl (C=O) groups excluding carboxylic acids is 3. The Morgan fingerprint density at radius 1 is 1.13 bits per heavy atom. The van der Waals surface area contributed by atoms with Crippen LogP contribution in [0.5, 0.6) is 11.5 Å². The van der Waals surface area contributed by atoms with Crippen molar-refractivity contribution in [2.24, 2.45) is 0 Å². The molecule has 2 heterocycles. The summed E-state index contributed by atoms with van der Waals surface area (Å²) in [5.41, 5.74) is -0.0768. The molecule has 2 aliphatic heterocycles. The number of rotatable bonds is 5. The molecule has 4 amide bonds. The Bertz CT molecular complexity index is 1060. The van der Waals surface area contributed by atoms with E-state index >= 15 is 0 Å². The van der Waals surface area contributed by atoms with Gasteiger partial charge >= 0.3 is 6.03 Å². The summed E-state index contributed by atoms with van der Waals surface area (Å²) in [5.74, 6) is 0.220. The minimum absolute atomic E-state index is 0.162. The van der Waals surface area contributed by atoms with Gasteiger partial charge in [-0.2, -0.15) is 0 Å². The summed E-state index contributed by atoms with van der Waals surface area (Å²) in [7, 11) is 0. The molecule has 1 unspecified atom stereocenters. The summed E-state index contributed by atoms with van der Waals surface area (Å²) in [6.45, 7) is 1.52. The number of halogens is 2. The summed E-state index contributed by atoms with van der Waals surface area (Å²) >= 11 is 12.0. The van der Waals surface area contributed by atoms with E-state index in [1.54, 1.807) is 37.3 Å². The average molecular weight is 450 g/mol. The number of hydrogen-bond donors (Lipinski definition) is 2. The van der Waals surface area contributed by atoms with Crippen molar-refractivity contribution >= 4 is 41.0 Å². The van der Waals surface area contributed by atoms with Gasteiger partial charge in [-0.15, -0.1) is 0 Å². The van der Waals surface area contributed by atoms with Crippen LogP contribution >= 0.6 is 23.2 Å². The molecule has 1 saturated heterocycles. The van der Waals surface area contributed by atoms with E-state index in [1.165, 1.54) is 6.07 Å². The molecule has 8 nitrogen and oxygen atoms in total. The van der Waals surface area contributed by atoms with Gasteiger partial charge in [-0.3, -0.25) is 14.5 Å². The topological polar surface area (TPSA) is 97.0 Å². The van der Waals surface area contributed by atoms with Gasteiger partial charge in [-0.05, 0) is 42.3 Å². The van der Waals surface area contributed by atoms with Crippen molar-refractivity contribution in [3.05, 3.63) is 57.6 Å². The van der Waals surface area contributed by atoms with Gasteiger partial charge in [0.25, 0.3) is 5.91 Å². The maximum atomic E-state index is 12.9. The molecular formula is C20H17Cl2N3O5. The standard InChI is InChI=1S/C20H17Cl2N3O5/c1-20(12-3-4-13(21)14(22)7-12)18(27)25(19(28)24-20)9-17(26)23-8-11-2-5-15-16(6-11)30-10-29-15/h2-7H,8-10H2,1H3,(H,23,26)(H,24,28). The number of urea groups is 1. The molecule has 0 aromatic heterocycles. The van der Waals surface area contributed by atoms with Crippen molar-refractivity contribution in [2.75, 3.05) is 13.3 Å². The molecule has 2 aliphatic rings. The van der Waals surface area contributed by atoms with Crippen LogP contribution in [-0.4, -0.2) is 36.1 Å². The summed E-state index contributed by atoms with van der Waals surface area (Å²) in [6, 6.07) is 9.32. The maximum absolute atomic E-state index is 12.9. The van der Waals surface area contributed by atoms with Crippen LogP contribution < -0.4 is 20.1 Å². The highest BCUT2D eigenvalue weighted by molar-refractivity contribution is 6.42. The predicted molar refractivity (Wildman–Crippen MR) is 108 cm³/mol. The number of benzene rings is 2. The van der Waals surface area contributed by atoms with Crippen LogP contribution in [0, 0.1) is 0 Å². The molecule has 0 saturated carbocycles. The molecule has 2 aromatic carbocycles. The second-order valence-corrected chi connectivity index (χ2v) is 7.85. The Hall–Kier alpha value is -2.97. The zero-order valence-corrected chi connectivity index (χ0v) is 17.3. The highest BCUT2D eigenvalue weighted by Gasteiger charge is 2.49. The molecule has 0 bridgehead atoms. The third kappa shape index (κ3) is 3.64. The second kappa shape index (κ2) is 7.70. The molecule has 10 heteroatoms. The summed E-state index contributed by atoms with van der Waals surface area (Å²) in [5, 5.41) is 5.92. The number of hydrogen-bond acceptors (Lipinski definition) is 5. The Morgan fingerprint density at radius 3 is 2.67 bits per heavy atom. The monoisotopic (exact) mass is 449 g/mol. The lowest BCUT2D eigenvalue weighted by Crippen LogP contribution is -2.43. The molecule has 4 rings (SSSR count). The van der Waals surface area contributed by atoms with Crippen LogP contribution in [0.4, 0.5) is 4.79 Å². The lowest BCUT2D eigenvalue weighted by Gasteiger charge is -2.22. The van der Waals surface area contributed by atoms with Gasteiger partial charge in [0, 0.05) is 6.54 Å². The van der Waals surface area contributed by atoms with Crippen molar-refractivity contribution in [2.45, 2.75) is 19.0 Å². The van der Waals surface area contributed by atoms with Crippen molar-refractivity contribution in [3.63, 3.8) is 0 Å². The number of amides is 4. The SMILES string of the molecule is CC1(c2ccc(Cl)c(Cl)c2)NC(=O)N(CC(=O)NCc2ccc3c(c2)OCO3)C1=O. The first-order valence-electron chi connectivity index (χ1n) is 9.03. The number of carbonyl (C=O) groups is 3. The van der Waals surface area contributed by atoms with E-state index in [2.05, 4.69) is 10.6 Å². The predicted octanol–water partition coefficient (Wildman–Crippen LogP) is 2.81. The van der Waals surface area contributed by atoms with Crippen LogP contribution in [-0.2, 0) is 21.7 Å². The largest absolute Gasteiger partial charge is 0.454 e. The molecule has 0 radical (unpaired) electrons. The van der Waals surface area contributed by atoms with Crippen LogP contribution in [0.3, 0.4) is 0 Å². The van der Waals surface area contributed by atoms with E-state index in [0.717, 1.165) is 10.5 Å². The van der Waals surface area contributed by atoms with E-state index in [1.807, 2.05) is 0 Å². The molecule has 1 atom stereocenters. The van der Waals surface area contributed by atoms with Crippen LogP contribution in [0.1, 0.15) is 18.1 Å². The highest BCUT2D eigenvalue weighted by atomic mass is 35.5. The van der Waals surface area contributed by atoms with Crippen LogP contribution in [0.25, 0.3) is 0 Å². The van der Waals surface area contributed by atoms with E-state index in [4.69, 9.17) is 32.7 Å². The first kappa shape index (κ1) is 20.3. The Kier molecular flexibility index (Phi) is 5.21. The number of imide groups is 1. The fourth-order valence-corrected chi connectivity index (χ4v) is 3.59. The third-order valence-corrected chi connectivity index (χ3v) is 5.74. The third-order valence-electron chi connectivity index (χ3n) is 5.00. The fraction of sp³-hybridized carbons (Fsp3) is 0.250. The van der Waals surface area contributed by atoms with E-state index in [9.17, 15) is 14.4 Å². The minimum atomic E-state index is -1.34. The molecule has 0 aliphatic carbocycles. The lowest BCUT2D eigenvalue weighted by molar-refractivity contribution is -0.134. The van der Waals surface area contributed by atoms with Gasteiger partial charge in [0.2, 0.25) is 12.7 Å². The zero-order chi connectivity index (χ0) is 21.5. The maximum Gasteiger partial charge on any atom is 0.325 e. The lowest BCUT2D eigenvalue weighted by atomic mass is 9.92. The fourth-order valence-electron chi connectivity index (χ4n) is 3.29. The van der Waals surface area contributed by atoms with Crippen LogP contribution in [0.15, 0.2) is 36.4 Å². The molecule has 30 heavy (non-hydrogen) atoms. The normalized spacial score (nSPS) is 19.8. The van der Waals surface area contributed by atoms with Crippen molar-refractivity contribution < 1.29 is 23.9 Å². The Balaban J connectivity index is 1.41. The number of fused-ring (bicyclic) bond motifs is 1. The minimum Gasteiger partial charge on any atom is -0.454 e. The Labute approximate surface area is 182 Å². The quantitative estimate of drug-likeness (QED) is 0.683. The Morgan fingerprint density at radius 2 is 1.90 bits per heavy atom. The van der Waals surface area contributed by atoms with Gasteiger partial charge in [-0.1, -0.05) is 35.3 Å². The molecule has 1 fully saturated rings. The van der Waals surface area contributed by atoms with E-state index in [-0.39, 0.29) is 18.4 Å². The first-order chi connectivity index (χ1) is 14.3. The number of ether oxygens (including phenoxy) is 2. The molecule has 156 valence electrons. The van der Waals surface area contributed by atoms with Gasteiger partial charge in [-0.25, -0.2) is 4.79 Å². The van der Waals surface area contributed by atoms with Gasteiger partial charge in [0.05, 0.1) is 10.0 Å². The van der Waals surface area contributed by atoms with Gasteiger partial charge < -0.3 is 20.1 Å². The number of nitrogens with zero attached hydrogens (tertiary/aromatic N) is 1. The number of nitrogens with one attached hydrogen (secondary N) is 2. The van der Waals surface area contributed by atoms with Crippen LogP contribution in [0.2, 0.25) is 10.0 Å². The van der Waals surface area contributed by atoms with Crippen molar-refractivity contribution in [1.29, 1.82) is 0 Å². The zero-order valence-electron chi connectivity index (χ0n) is 15.8.